The summed E-state index contributed by atoms with van der Waals surface area (Å²) < 4.78 is 0. The Morgan fingerprint density at radius 3 is 2.72 bits per heavy atom. The van der Waals surface area contributed by atoms with Gasteiger partial charge in [0.1, 0.15) is 0 Å². The van der Waals surface area contributed by atoms with Gasteiger partial charge in [-0.1, -0.05) is 6.92 Å². The van der Waals surface area contributed by atoms with Crippen molar-refractivity contribution in [2.24, 2.45) is 0 Å². The molecule has 2 unspecified atom stereocenters. The van der Waals surface area contributed by atoms with Gasteiger partial charge in [0.05, 0.1) is 0 Å². The molecule has 106 valence electrons. The number of aliphatic carboxylic acids is 1. The Hall–Kier alpha value is -0.610. The second-order valence-corrected chi connectivity index (χ2v) is 5.49. The van der Waals surface area contributed by atoms with Crippen molar-refractivity contribution in [3.63, 3.8) is 0 Å². The second-order valence-electron chi connectivity index (χ2n) is 5.49. The van der Waals surface area contributed by atoms with Gasteiger partial charge < -0.3 is 14.9 Å². The highest BCUT2D eigenvalue weighted by Gasteiger charge is 2.26. The molecule has 0 aromatic carbocycles. The van der Waals surface area contributed by atoms with Crippen LogP contribution in [0.4, 0.5) is 0 Å². The van der Waals surface area contributed by atoms with Crippen LogP contribution >= 0.6 is 0 Å². The first-order valence-electron chi connectivity index (χ1n) is 7.20. The van der Waals surface area contributed by atoms with Crippen LogP contribution in [-0.2, 0) is 4.79 Å². The molecule has 1 heterocycles. The first-order valence-corrected chi connectivity index (χ1v) is 7.20. The standard InChI is InChI=1S/C14H28N2O2/c1-4-16-10-8-13(11-12(16)2)15(3)9-6-5-7-14(17)18/h12-13H,4-11H2,1-3H3,(H,17,18). The SMILES string of the molecule is CCN1CCC(N(C)CCCCC(=O)O)CC1C. The maximum absolute atomic E-state index is 10.4. The zero-order valence-electron chi connectivity index (χ0n) is 12.1. The van der Waals surface area contributed by atoms with E-state index in [-0.39, 0.29) is 0 Å². The lowest BCUT2D eigenvalue weighted by Gasteiger charge is -2.40. The molecular weight excluding hydrogens is 228 g/mol. The fraction of sp³-hybridized carbons (Fsp3) is 0.929. The third-order valence-electron chi connectivity index (χ3n) is 4.17. The highest BCUT2D eigenvalue weighted by Crippen LogP contribution is 2.20. The van der Waals surface area contributed by atoms with Crippen molar-refractivity contribution in [2.75, 3.05) is 26.7 Å². The highest BCUT2D eigenvalue weighted by molar-refractivity contribution is 5.66. The van der Waals surface area contributed by atoms with E-state index in [1.807, 2.05) is 0 Å². The number of unbranched alkanes of at least 4 members (excludes halogenated alkanes) is 1. The fourth-order valence-electron chi connectivity index (χ4n) is 2.89. The summed E-state index contributed by atoms with van der Waals surface area (Å²) >= 11 is 0. The van der Waals surface area contributed by atoms with E-state index in [0.29, 0.717) is 18.5 Å². The molecule has 0 aromatic heterocycles. The molecule has 1 fully saturated rings. The van der Waals surface area contributed by atoms with Crippen LogP contribution in [0.2, 0.25) is 0 Å². The summed E-state index contributed by atoms with van der Waals surface area (Å²) in [5.41, 5.74) is 0. The topological polar surface area (TPSA) is 43.8 Å². The molecule has 0 bridgehead atoms. The van der Waals surface area contributed by atoms with Gasteiger partial charge in [-0.3, -0.25) is 4.79 Å². The lowest BCUT2D eigenvalue weighted by atomic mass is 9.97. The van der Waals surface area contributed by atoms with Crippen LogP contribution in [0.1, 0.15) is 46.0 Å². The minimum Gasteiger partial charge on any atom is -0.481 e. The predicted molar refractivity (Wildman–Crippen MR) is 73.8 cm³/mol. The fourth-order valence-corrected chi connectivity index (χ4v) is 2.89. The van der Waals surface area contributed by atoms with E-state index >= 15 is 0 Å². The normalized spacial score (nSPS) is 25.6. The number of carboxylic acids is 1. The summed E-state index contributed by atoms with van der Waals surface area (Å²) in [6.45, 7) is 7.91. The van der Waals surface area contributed by atoms with E-state index in [2.05, 4.69) is 30.7 Å². The average molecular weight is 256 g/mol. The molecule has 0 aromatic rings. The summed E-state index contributed by atoms with van der Waals surface area (Å²) in [6, 6.07) is 1.35. The molecule has 4 nitrogen and oxygen atoms in total. The minimum atomic E-state index is -0.678. The molecule has 0 spiro atoms. The van der Waals surface area contributed by atoms with Crippen LogP contribution in [0, 0.1) is 0 Å². The third kappa shape index (κ3) is 4.94. The Balaban J connectivity index is 2.22. The van der Waals surface area contributed by atoms with E-state index in [9.17, 15) is 4.79 Å². The number of piperidine rings is 1. The van der Waals surface area contributed by atoms with Crippen molar-refractivity contribution in [3.05, 3.63) is 0 Å². The van der Waals surface area contributed by atoms with Crippen LogP contribution in [0.15, 0.2) is 0 Å². The number of nitrogens with zero attached hydrogens (tertiary/aromatic N) is 2. The predicted octanol–water partition coefficient (Wildman–Crippen LogP) is 2.05. The van der Waals surface area contributed by atoms with Crippen molar-refractivity contribution in [3.8, 4) is 0 Å². The van der Waals surface area contributed by atoms with Gasteiger partial charge in [0, 0.05) is 18.5 Å². The summed E-state index contributed by atoms with van der Waals surface area (Å²) in [5.74, 6) is -0.678. The largest absolute Gasteiger partial charge is 0.481 e. The molecule has 0 saturated carbocycles. The van der Waals surface area contributed by atoms with Gasteiger partial charge in [-0.2, -0.15) is 0 Å². The van der Waals surface area contributed by atoms with Gasteiger partial charge in [0.15, 0.2) is 0 Å². The van der Waals surface area contributed by atoms with Crippen molar-refractivity contribution in [1.29, 1.82) is 0 Å². The average Bonchev–Trinajstić information content (AvgIpc) is 2.34. The quantitative estimate of drug-likeness (QED) is 0.708. The molecule has 2 atom stereocenters. The molecule has 1 N–H and O–H groups in total. The molecule has 4 heteroatoms. The highest BCUT2D eigenvalue weighted by atomic mass is 16.4. The smallest absolute Gasteiger partial charge is 0.303 e. The van der Waals surface area contributed by atoms with E-state index in [4.69, 9.17) is 5.11 Å². The summed E-state index contributed by atoms with van der Waals surface area (Å²) in [6.07, 6.45) is 4.57. The van der Waals surface area contributed by atoms with E-state index in [1.165, 1.54) is 19.4 Å². The number of hydrogen-bond acceptors (Lipinski definition) is 3. The zero-order chi connectivity index (χ0) is 13.5. The summed E-state index contributed by atoms with van der Waals surface area (Å²) in [7, 11) is 2.18. The number of rotatable bonds is 7. The molecule has 0 aliphatic carbocycles. The molecule has 1 saturated heterocycles. The molecule has 18 heavy (non-hydrogen) atoms. The molecule has 1 aliphatic heterocycles. The molecule has 1 aliphatic rings. The lowest BCUT2D eigenvalue weighted by Crippen LogP contribution is -2.47. The lowest BCUT2D eigenvalue weighted by molar-refractivity contribution is -0.137. The van der Waals surface area contributed by atoms with Gasteiger partial charge >= 0.3 is 5.97 Å². The minimum absolute atomic E-state index is 0.304. The third-order valence-corrected chi connectivity index (χ3v) is 4.17. The first-order chi connectivity index (χ1) is 8.54. The Morgan fingerprint density at radius 2 is 2.17 bits per heavy atom. The molecule has 0 amide bonds. The summed E-state index contributed by atoms with van der Waals surface area (Å²) in [4.78, 5) is 15.4. The number of carbonyl (C=O) groups is 1. The van der Waals surface area contributed by atoms with Gasteiger partial charge in [-0.05, 0) is 59.3 Å². The van der Waals surface area contributed by atoms with Crippen LogP contribution in [0.25, 0.3) is 0 Å². The number of hydrogen-bond donors (Lipinski definition) is 1. The molecule has 1 rings (SSSR count). The van der Waals surface area contributed by atoms with Crippen molar-refractivity contribution in [2.45, 2.75) is 58.0 Å². The monoisotopic (exact) mass is 256 g/mol. The van der Waals surface area contributed by atoms with Gasteiger partial charge in [0.25, 0.3) is 0 Å². The number of carboxylic acid groups (broad SMARTS) is 1. The van der Waals surface area contributed by atoms with Gasteiger partial charge in [-0.25, -0.2) is 0 Å². The summed E-state index contributed by atoms with van der Waals surface area (Å²) in [5, 5.41) is 8.60. The Labute approximate surface area is 111 Å². The van der Waals surface area contributed by atoms with Crippen molar-refractivity contribution >= 4 is 5.97 Å². The second kappa shape index (κ2) is 7.74. The van der Waals surface area contributed by atoms with E-state index < -0.39 is 5.97 Å². The first kappa shape index (κ1) is 15.4. The van der Waals surface area contributed by atoms with Gasteiger partial charge in [-0.15, -0.1) is 0 Å². The van der Waals surface area contributed by atoms with E-state index in [1.54, 1.807) is 0 Å². The maximum atomic E-state index is 10.4. The van der Waals surface area contributed by atoms with Gasteiger partial charge in [0.2, 0.25) is 0 Å². The van der Waals surface area contributed by atoms with Crippen molar-refractivity contribution < 1.29 is 9.90 Å². The zero-order valence-corrected chi connectivity index (χ0v) is 12.1. The van der Waals surface area contributed by atoms with Crippen LogP contribution in [0.3, 0.4) is 0 Å². The molecule has 0 radical (unpaired) electrons. The Morgan fingerprint density at radius 1 is 1.44 bits per heavy atom. The van der Waals surface area contributed by atoms with Crippen molar-refractivity contribution in [1.82, 2.24) is 9.80 Å². The van der Waals surface area contributed by atoms with Crippen LogP contribution in [0.5, 0.6) is 0 Å². The maximum Gasteiger partial charge on any atom is 0.303 e. The Bertz CT molecular complexity index is 258. The van der Waals surface area contributed by atoms with Crippen LogP contribution < -0.4 is 0 Å². The number of likely N-dealkylation sites (tertiary alicyclic amines) is 1. The molecular formula is C14H28N2O2. The van der Waals surface area contributed by atoms with E-state index in [0.717, 1.165) is 25.9 Å². The van der Waals surface area contributed by atoms with Crippen LogP contribution in [-0.4, -0.2) is 59.6 Å². The Kier molecular flexibility index (Phi) is 6.65.